The van der Waals surface area contributed by atoms with Gasteiger partial charge in [-0.1, -0.05) is 26.7 Å². The maximum absolute atomic E-state index is 11.6. The average molecular weight is 294 g/mol. The Bertz CT molecular complexity index is 462. The summed E-state index contributed by atoms with van der Waals surface area (Å²) in [5.74, 6) is 0.247. The number of nitrogens with zero attached hydrogens (tertiary/aromatic N) is 1. The molecule has 0 radical (unpaired) electrons. The lowest BCUT2D eigenvalue weighted by Crippen LogP contribution is -2.28. The van der Waals surface area contributed by atoms with Crippen molar-refractivity contribution in [2.75, 3.05) is 18.5 Å². The summed E-state index contributed by atoms with van der Waals surface area (Å²) in [4.78, 5) is 15.7. The summed E-state index contributed by atoms with van der Waals surface area (Å²) >= 11 is 0. The smallest absolute Gasteiger partial charge is 0.360 e. The van der Waals surface area contributed by atoms with Gasteiger partial charge < -0.3 is 14.5 Å². The first-order valence-electron chi connectivity index (χ1n) is 7.91. The quantitative estimate of drug-likeness (QED) is 0.773. The van der Waals surface area contributed by atoms with Crippen LogP contribution in [-0.2, 0) is 4.74 Å². The van der Waals surface area contributed by atoms with Crippen LogP contribution >= 0.6 is 0 Å². The Balaban J connectivity index is 1.93. The minimum absolute atomic E-state index is 0.226. The number of oxazole rings is 1. The number of hydrogen-bond acceptors (Lipinski definition) is 5. The van der Waals surface area contributed by atoms with Crippen LogP contribution in [0.4, 0.5) is 6.01 Å². The second-order valence-electron chi connectivity index (χ2n) is 6.42. The number of ether oxygens (including phenoxy) is 1. The molecular weight excluding hydrogens is 268 g/mol. The third kappa shape index (κ3) is 4.22. The fraction of sp³-hybridized carbons (Fsp3) is 0.750. The number of nitrogens with one attached hydrogen (secondary N) is 1. The van der Waals surface area contributed by atoms with Crippen LogP contribution in [0.2, 0.25) is 0 Å². The zero-order valence-electron chi connectivity index (χ0n) is 13.3. The van der Waals surface area contributed by atoms with Crippen LogP contribution in [0.3, 0.4) is 0 Å². The molecule has 0 spiro atoms. The van der Waals surface area contributed by atoms with Gasteiger partial charge in [-0.15, -0.1) is 0 Å². The fourth-order valence-electron chi connectivity index (χ4n) is 3.36. The average Bonchev–Trinajstić information content (AvgIpc) is 3.05. The number of anilines is 1. The Hall–Kier alpha value is -1.52. The van der Waals surface area contributed by atoms with Gasteiger partial charge in [-0.2, -0.15) is 4.98 Å². The lowest BCUT2D eigenvalue weighted by Gasteiger charge is -2.30. The van der Waals surface area contributed by atoms with Gasteiger partial charge in [0.2, 0.25) is 0 Å². The van der Waals surface area contributed by atoms with Gasteiger partial charge >= 0.3 is 5.97 Å². The van der Waals surface area contributed by atoms with Crippen molar-refractivity contribution in [2.45, 2.75) is 52.9 Å². The highest BCUT2D eigenvalue weighted by molar-refractivity contribution is 5.87. The topological polar surface area (TPSA) is 64.4 Å². The van der Waals surface area contributed by atoms with E-state index < -0.39 is 5.97 Å². The highest BCUT2D eigenvalue weighted by Crippen LogP contribution is 2.43. The summed E-state index contributed by atoms with van der Waals surface area (Å²) < 4.78 is 10.2. The van der Waals surface area contributed by atoms with Gasteiger partial charge in [0, 0.05) is 6.54 Å². The van der Waals surface area contributed by atoms with Crippen molar-refractivity contribution >= 4 is 12.0 Å². The molecule has 1 saturated carbocycles. The SMILES string of the molecule is CCOC(=O)c1coc(NCC2(CC(C)C)CCCC2)n1. The molecule has 1 N–H and O–H groups in total. The summed E-state index contributed by atoms with van der Waals surface area (Å²) in [5.41, 5.74) is 0.566. The Morgan fingerprint density at radius 1 is 1.48 bits per heavy atom. The molecule has 1 aromatic heterocycles. The van der Waals surface area contributed by atoms with Crippen molar-refractivity contribution in [3.8, 4) is 0 Å². The van der Waals surface area contributed by atoms with Gasteiger partial charge in [-0.3, -0.25) is 0 Å². The molecule has 0 bridgehead atoms. The van der Waals surface area contributed by atoms with Crippen molar-refractivity contribution in [3.63, 3.8) is 0 Å². The number of carbonyl (C=O) groups is 1. The molecule has 0 amide bonds. The molecule has 5 heteroatoms. The van der Waals surface area contributed by atoms with E-state index in [1.807, 2.05) is 0 Å². The van der Waals surface area contributed by atoms with E-state index in [0.717, 1.165) is 6.54 Å². The molecule has 21 heavy (non-hydrogen) atoms. The summed E-state index contributed by atoms with van der Waals surface area (Å²) in [5, 5.41) is 3.26. The summed E-state index contributed by atoms with van der Waals surface area (Å²) in [6, 6.07) is 0.410. The van der Waals surface area contributed by atoms with E-state index in [9.17, 15) is 4.79 Å². The van der Waals surface area contributed by atoms with Crippen LogP contribution in [0.1, 0.15) is 63.4 Å². The third-order valence-corrected chi connectivity index (χ3v) is 4.11. The number of rotatable bonds is 7. The van der Waals surface area contributed by atoms with Gasteiger partial charge in [0.1, 0.15) is 6.26 Å². The van der Waals surface area contributed by atoms with E-state index in [1.54, 1.807) is 6.92 Å². The normalized spacial score (nSPS) is 17.1. The fourth-order valence-corrected chi connectivity index (χ4v) is 3.36. The molecule has 1 aliphatic rings. The predicted octanol–water partition coefficient (Wildman–Crippen LogP) is 3.87. The molecule has 118 valence electrons. The zero-order chi connectivity index (χ0) is 15.3. The molecule has 1 fully saturated rings. The third-order valence-electron chi connectivity index (χ3n) is 4.11. The maximum Gasteiger partial charge on any atom is 0.360 e. The zero-order valence-corrected chi connectivity index (χ0v) is 13.3. The van der Waals surface area contributed by atoms with Gasteiger partial charge in [0.05, 0.1) is 6.61 Å². The second-order valence-corrected chi connectivity index (χ2v) is 6.42. The first-order chi connectivity index (χ1) is 10.0. The van der Waals surface area contributed by atoms with Crippen molar-refractivity contribution in [1.29, 1.82) is 0 Å². The van der Waals surface area contributed by atoms with Crippen molar-refractivity contribution < 1.29 is 13.9 Å². The van der Waals surface area contributed by atoms with Crippen LogP contribution < -0.4 is 5.32 Å². The number of esters is 1. The van der Waals surface area contributed by atoms with Crippen LogP contribution in [0.25, 0.3) is 0 Å². The molecule has 0 aliphatic heterocycles. The molecule has 5 nitrogen and oxygen atoms in total. The van der Waals surface area contributed by atoms with E-state index in [0.29, 0.717) is 24.0 Å². The Morgan fingerprint density at radius 3 is 2.81 bits per heavy atom. The standard InChI is InChI=1S/C16H26N2O3/c1-4-20-14(19)13-10-21-15(18-13)17-11-16(9-12(2)3)7-5-6-8-16/h10,12H,4-9,11H2,1-3H3,(H,17,18). The van der Waals surface area contributed by atoms with E-state index in [2.05, 4.69) is 24.1 Å². The molecule has 1 heterocycles. The largest absolute Gasteiger partial charge is 0.461 e. The summed E-state index contributed by atoms with van der Waals surface area (Å²) in [6.45, 7) is 7.50. The van der Waals surface area contributed by atoms with E-state index in [1.165, 1.54) is 38.4 Å². The Kier molecular flexibility index (Phi) is 5.26. The number of carbonyl (C=O) groups excluding carboxylic acids is 1. The molecule has 2 rings (SSSR count). The molecule has 0 saturated heterocycles. The van der Waals surface area contributed by atoms with Crippen LogP contribution in [0, 0.1) is 11.3 Å². The van der Waals surface area contributed by atoms with Crippen LogP contribution in [-0.4, -0.2) is 24.1 Å². The molecule has 1 aromatic rings. The van der Waals surface area contributed by atoms with Gasteiger partial charge in [0.15, 0.2) is 5.69 Å². The molecule has 1 aliphatic carbocycles. The first-order valence-corrected chi connectivity index (χ1v) is 7.91. The van der Waals surface area contributed by atoms with Crippen molar-refractivity contribution in [3.05, 3.63) is 12.0 Å². The van der Waals surface area contributed by atoms with Gasteiger partial charge in [-0.25, -0.2) is 4.79 Å². The first kappa shape index (κ1) is 15.9. The summed E-state index contributed by atoms with van der Waals surface area (Å²) in [6.07, 6.45) is 7.67. The maximum atomic E-state index is 11.6. The Labute approximate surface area is 126 Å². The lowest BCUT2D eigenvalue weighted by atomic mass is 9.78. The minimum atomic E-state index is -0.438. The van der Waals surface area contributed by atoms with Gasteiger partial charge in [0.25, 0.3) is 6.01 Å². The molecular formula is C16H26N2O3. The highest BCUT2D eigenvalue weighted by Gasteiger charge is 2.34. The molecule has 0 aromatic carbocycles. The minimum Gasteiger partial charge on any atom is -0.461 e. The summed E-state index contributed by atoms with van der Waals surface area (Å²) in [7, 11) is 0. The van der Waals surface area contributed by atoms with E-state index >= 15 is 0 Å². The van der Waals surface area contributed by atoms with Crippen molar-refractivity contribution in [1.82, 2.24) is 4.98 Å². The van der Waals surface area contributed by atoms with Crippen molar-refractivity contribution in [2.24, 2.45) is 11.3 Å². The number of hydrogen-bond donors (Lipinski definition) is 1. The highest BCUT2D eigenvalue weighted by atomic mass is 16.5. The molecule has 0 atom stereocenters. The van der Waals surface area contributed by atoms with Crippen LogP contribution in [0.5, 0.6) is 0 Å². The number of aromatic nitrogens is 1. The van der Waals surface area contributed by atoms with E-state index in [-0.39, 0.29) is 5.69 Å². The predicted molar refractivity (Wildman–Crippen MR) is 81.3 cm³/mol. The lowest BCUT2D eigenvalue weighted by molar-refractivity contribution is 0.0519. The Morgan fingerprint density at radius 2 is 2.19 bits per heavy atom. The van der Waals surface area contributed by atoms with E-state index in [4.69, 9.17) is 9.15 Å². The monoisotopic (exact) mass is 294 g/mol. The van der Waals surface area contributed by atoms with Gasteiger partial charge in [-0.05, 0) is 37.5 Å². The molecule has 0 unspecified atom stereocenters. The second kappa shape index (κ2) is 6.96. The van der Waals surface area contributed by atoms with Crippen LogP contribution in [0.15, 0.2) is 10.7 Å².